The van der Waals surface area contributed by atoms with Crippen molar-refractivity contribution < 1.29 is 38.9 Å². The molecule has 2 aromatic carbocycles. The third kappa shape index (κ3) is 9.32. The maximum atomic E-state index is 12.2. The van der Waals surface area contributed by atoms with E-state index >= 15 is 0 Å². The van der Waals surface area contributed by atoms with Crippen molar-refractivity contribution in [1.29, 1.82) is 0 Å². The van der Waals surface area contributed by atoms with Gasteiger partial charge >= 0.3 is 17.9 Å². The number of fused-ring (bicyclic) bond motifs is 1. The summed E-state index contributed by atoms with van der Waals surface area (Å²) in [6.45, 7) is 10.2. The van der Waals surface area contributed by atoms with E-state index in [-0.39, 0.29) is 5.41 Å². The second kappa shape index (κ2) is 13.8. The smallest absolute Gasteiger partial charge is 0.328 e. The third-order valence-corrected chi connectivity index (χ3v) is 6.25. The molecule has 2 heterocycles. The lowest BCUT2D eigenvalue weighted by Crippen LogP contribution is -2.43. The van der Waals surface area contributed by atoms with E-state index in [1.165, 1.54) is 0 Å². The number of aromatic nitrogens is 1. The summed E-state index contributed by atoms with van der Waals surface area (Å²) in [5.41, 5.74) is 3.75. The third-order valence-electron chi connectivity index (χ3n) is 6.25. The molecule has 10 nitrogen and oxygen atoms in total. The fourth-order valence-corrected chi connectivity index (χ4v) is 4.58. The van der Waals surface area contributed by atoms with E-state index in [0.29, 0.717) is 36.8 Å². The minimum Gasteiger partial charge on any atom is -0.493 e. The quantitative estimate of drug-likeness (QED) is 0.303. The molecule has 0 radical (unpaired) electrons. The van der Waals surface area contributed by atoms with Crippen LogP contribution in [0, 0.1) is 12.3 Å². The maximum absolute atomic E-state index is 12.2. The van der Waals surface area contributed by atoms with Gasteiger partial charge in [0.1, 0.15) is 17.6 Å². The van der Waals surface area contributed by atoms with Gasteiger partial charge in [-0.2, -0.15) is 0 Å². The van der Waals surface area contributed by atoms with E-state index in [1.807, 2.05) is 55.5 Å². The number of ether oxygens (including phenoxy) is 1. The molecule has 41 heavy (non-hydrogen) atoms. The fourth-order valence-electron chi connectivity index (χ4n) is 4.58. The molecule has 10 heteroatoms. The highest BCUT2D eigenvalue weighted by Crippen LogP contribution is 2.35. The Labute approximate surface area is 238 Å². The molecular formula is C31H36N2O8. The summed E-state index contributed by atoms with van der Waals surface area (Å²) in [6, 6.07) is 15.0. The summed E-state index contributed by atoms with van der Waals surface area (Å²) in [5, 5.41) is 25.6. The van der Waals surface area contributed by atoms with Crippen LogP contribution in [0.25, 0.3) is 11.5 Å². The molecule has 1 aliphatic heterocycles. The van der Waals surface area contributed by atoms with E-state index in [9.17, 15) is 19.5 Å². The Balaban J connectivity index is 0.000000507. The standard InChI is InChI=1S/C27H32N2O4.C4H4O4/c1-18-23(28-25(33-18)20-8-6-5-7-9-20)13-15-32-21-11-10-19-12-14-29(17-27(2,3)4)24(26(30)31)22(19)16-21;5-3(6)1-2-4(7)8/h5-11,16,24H,12-15,17H2,1-4H3,(H,30,31);1-2H,(H,5,6)(H,7,8)/b;2-1+. The normalized spacial score (nSPS) is 15.1. The van der Waals surface area contributed by atoms with Gasteiger partial charge in [-0.05, 0) is 54.2 Å². The average Bonchev–Trinajstić information content (AvgIpc) is 3.27. The summed E-state index contributed by atoms with van der Waals surface area (Å²) in [6.07, 6.45) is 2.57. The second-order valence-electron chi connectivity index (χ2n) is 10.9. The molecule has 0 fully saturated rings. The summed E-state index contributed by atoms with van der Waals surface area (Å²) < 4.78 is 11.8. The highest BCUT2D eigenvalue weighted by Gasteiger charge is 2.35. The van der Waals surface area contributed by atoms with Gasteiger partial charge in [0.15, 0.2) is 0 Å². The van der Waals surface area contributed by atoms with Gasteiger partial charge in [0, 0.05) is 37.2 Å². The topological polar surface area (TPSA) is 150 Å². The molecule has 4 rings (SSSR count). The first kappa shape index (κ1) is 31.1. The van der Waals surface area contributed by atoms with Crippen LogP contribution in [0.2, 0.25) is 0 Å². The molecule has 1 aromatic heterocycles. The molecule has 0 spiro atoms. The number of rotatable bonds is 9. The Bertz CT molecular complexity index is 1370. The zero-order chi connectivity index (χ0) is 30.2. The van der Waals surface area contributed by atoms with Crippen molar-refractivity contribution in [2.24, 2.45) is 5.41 Å². The predicted octanol–water partition coefficient (Wildman–Crippen LogP) is 5.01. The van der Waals surface area contributed by atoms with Crippen LogP contribution >= 0.6 is 0 Å². The lowest BCUT2D eigenvalue weighted by atomic mass is 9.88. The van der Waals surface area contributed by atoms with Crippen molar-refractivity contribution in [1.82, 2.24) is 9.88 Å². The molecule has 3 aromatic rings. The number of hydrogen-bond acceptors (Lipinski definition) is 7. The average molecular weight is 565 g/mol. The van der Waals surface area contributed by atoms with Crippen LogP contribution in [-0.4, -0.2) is 62.8 Å². The Morgan fingerprint density at radius 2 is 1.71 bits per heavy atom. The SMILES string of the molecule is Cc1oc(-c2ccccc2)nc1CCOc1ccc2c(c1)C(C(=O)O)N(CC(C)(C)C)CC2.O=C(O)/C=C/C(=O)O. The zero-order valence-corrected chi connectivity index (χ0v) is 23.7. The number of aryl methyl sites for hydroxylation is 1. The Morgan fingerprint density at radius 3 is 2.29 bits per heavy atom. The Morgan fingerprint density at radius 1 is 1.05 bits per heavy atom. The molecule has 0 aliphatic carbocycles. The summed E-state index contributed by atoms with van der Waals surface area (Å²) in [7, 11) is 0. The van der Waals surface area contributed by atoms with Gasteiger partial charge in [0.25, 0.3) is 0 Å². The van der Waals surface area contributed by atoms with Crippen LogP contribution in [0.4, 0.5) is 0 Å². The van der Waals surface area contributed by atoms with Gasteiger partial charge in [0.05, 0.1) is 12.3 Å². The minimum atomic E-state index is -1.26. The number of hydrogen-bond donors (Lipinski definition) is 3. The van der Waals surface area contributed by atoms with E-state index in [2.05, 4.69) is 30.7 Å². The van der Waals surface area contributed by atoms with Crippen LogP contribution in [-0.2, 0) is 27.2 Å². The Hall–Kier alpha value is -4.44. The first-order valence-electron chi connectivity index (χ1n) is 13.2. The monoisotopic (exact) mass is 564 g/mol. The van der Waals surface area contributed by atoms with E-state index in [1.54, 1.807) is 0 Å². The maximum Gasteiger partial charge on any atom is 0.328 e. The lowest BCUT2D eigenvalue weighted by molar-refractivity contribution is -0.144. The van der Waals surface area contributed by atoms with Crippen molar-refractivity contribution in [3.8, 4) is 17.2 Å². The zero-order valence-electron chi connectivity index (χ0n) is 23.7. The van der Waals surface area contributed by atoms with Crippen LogP contribution in [0.1, 0.15) is 49.4 Å². The van der Waals surface area contributed by atoms with E-state index in [4.69, 9.17) is 19.4 Å². The van der Waals surface area contributed by atoms with Crippen molar-refractivity contribution in [2.45, 2.75) is 46.6 Å². The van der Waals surface area contributed by atoms with Crippen LogP contribution in [0.5, 0.6) is 5.75 Å². The molecule has 1 atom stereocenters. The molecule has 0 amide bonds. The molecule has 3 N–H and O–H groups in total. The molecule has 0 saturated carbocycles. The number of aliphatic carboxylic acids is 3. The number of carboxylic acid groups (broad SMARTS) is 3. The van der Waals surface area contributed by atoms with Crippen molar-refractivity contribution in [3.63, 3.8) is 0 Å². The molecule has 218 valence electrons. The molecule has 1 aliphatic rings. The first-order chi connectivity index (χ1) is 19.3. The van der Waals surface area contributed by atoms with Crippen LogP contribution < -0.4 is 4.74 Å². The van der Waals surface area contributed by atoms with Crippen molar-refractivity contribution in [3.05, 3.63) is 83.3 Å². The van der Waals surface area contributed by atoms with Gasteiger partial charge in [-0.1, -0.05) is 45.0 Å². The summed E-state index contributed by atoms with van der Waals surface area (Å²) in [5.74, 6) is -1.25. The number of nitrogens with zero attached hydrogens (tertiary/aromatic N) is 2. The van der Waals surface area contributed by atoms with Crippen molar-refractivity contribution in [2.75, 3.05) is 19.7 Å². The highest BCUT2D eigenvalue weighted by molar-refractivity contribution is 5.89. The van der Waals surface area contributed by atoms with E-state index in [0.717, 1.165) is 47.7 Å². The van der Waals surface area contributed by atoms with Gasteiger partial charge in [-0.25, -0.2) is 14.6 Å². The minimum absolute atomic E-state index is 0.0212. The summed E-state index contributed by atoms with van der Waals surface area (Å²) in [4.78, 5) is 38.0. The Kier molecular flexibility index (Phi) is 10.4. The van der Waals surface area contributed by atoms with Gasteiger partial charge in [-0.15, -0.1) is 0 Å². The van der Waals surface area contributed by atoms with Crippen LogP contribution in [0.3, 0.4) is 0 Å². The fraction of sp³-hybridized carbons (Fsp3) is 0.355. The number of carbonyl (C=O) groups is 3. The van der Waals surface area contributed by atoms with Crippen LogP contribution in [0.15, 0.2) is 65.1 Å². The predicted molar refractivity (Wildman–Crippen MR) is 152 cm³/mol. The van der Waals surface area contributed by atoms with Gasteiger partial charge < -0.3 is 24.5 Å². The molecular weight excluding hydrogens is 528 g/mol. The van der Waals surface area contributed by atoms with E-state index < -0.39 is 23.9 Å². The largest absolute Gasteiger partial charge is 0.493 e. The molecule has 0 saturated heterocycles. The number of oxazole rings is 1. The highest BCUT2D eigenvalue weighted by atomic mass is 16.5. The number of carboxylic acids is 3. The molecule has 0 bridgehead atoms. The van der Waals surface area contributed by atoms with Gasteiger partial charge in [0.2, 0.25) is 5.89 Å². The summed E-state index contributed by atoms with van der Waals surface area (Å²) >= 11 is 0. The van der Waals surface area contributed by atoms with Crippen molar-refractivity contribution >= 4 is 17.9 Å². The van der Waals surface area contributed by atoms with Gasteiger partial charge in [-0.3, -0.25) is 9.69 Å². The molecule has 1 unspecified atom stereocenters. The second-order valence-corrected chi connectivity index (χ2v) is 10.9. The first-order valence-corrected chi connectivity index (χ1v) is 13.2. The number of benzene rings is 2. The lowest BCUT2D eigenvalue weighted by Gasteiger charge is -2.38.